The lowest BCUT2D eigenvalue weighted by Crippen LogP contribution is -2.58. The van der Waals surface area contributed by atoms with Crippen LogP contribution < -0.4 is 33.2 Å². The maximum atomic E-state index is 13.9. The minimum atomic E-state index is -1.28. The number of carboxylic acid groups (broad SMARTS) is 1. The number of phenolic OH excluding ortho intramolecular Hbond substituents is 1. The van der Waals surface area contributed by atoms with Crippen molar-refractivity contribution in [3.05, 3.63) is 84.1 Å². The first kappa shape index (κ1) is 35.0. The van der Waals surface area contributed by atoms with Gasteiger partial charge in [-0.1, -0.05) is 30.3 Å². The maximum absolute atomic E-state index is 13.9. The van der Waals surface area contributed by atoms with Crippen LogP contribution in [-0.4, -0.2) is 85.5 Å². The number of nitrogens with zero attached hydrogens (tertiary/aromatic N) is 2. The fourth-order valence-corrected chi connectivity index (χ4v) is 5.12. The molecule has 2 aromatic heterocycles. The average molecular weight is 661 g/mol. The van der Waals surface area contributed by atoms with E-state index >= 15 is 0 Å². The molecule has 4 aromatic rings. The van der Waals surface area contributed by atoms with E-state index < -0.39 is 47.9 Å². The summed E-state index contributed by atoms with van der Waals surface area (Å²) in [6, 6.07) is 8.98. The molecule has 0 saturated carbocycles. The molecule has 0 aliphatic carbocycles. The lowest BCUT2D eigenvalue weighted by Gasteiger charge is -2.25. The van der Waals surface area contributed by atoms with E-state index in [1.165, 1.54) is 24.7 Å². The first-order valence-corrected chi connectivity index (χ1v) is 15.2. The van der Waals surface area contributed by atoms with E-state index in [0.717, 1.165) is 16.5 Å². The van der Waals surface area contributed by atoms with Gasteiger partial charge in [0.2, 0.25) is 17.7 Å². The molecular formula is C32H40N10O6. The van der Waals surface area contributed by atoms with Gasteiger partial charge in [0.1, 0.15) is 23.9 Å². The maximum Gasteiger partial charge on any atom is 0.326 e. The number of phenols is 1. The molecule has 4 atom stereocenters. The predicted octanol–water partition coefficient (Wildman–Crippen LogP) is -0.456. The molecule has 48 heavy (non-hydrogen) atoms. The van der Waals surface area contributed by atoms with E-state index in [1.807, 2.05) is 24.3 Å². The second-order valence-electron chi connectivity index (χ2n) is 11.3. The Labute approximate surface area is 275 Å². The highest BCUT2D eigenvalue weighted by Crippen LogP contribution is 2.20. The number of aliphatic imine (C=N–C) groups is 1. The van der Waals surface area contributed by atoms with Gasteiger partial charge in [0.15, 0.2) is 5.96 Å². The summed E-state index contributed by atoms with van der Waals surface area (Å²) in [5.74, 6) is -3.39. The molecule has 0 saturated heterocycles. The molecule has 0 spiro atoms. The van der Waals surface area contributed by atoms with Gasteiger partial charge in [-0.25, -0.2) is 9.78 Å². The van der Waals surface area contributed by atoms with Gasteiger partial charge in [-0.3, -0.25) is 19.4 Å². The van der Waals surface area contributed by atoms with Crippen molar-refractivity contribution in [1.82, 2.24) is 30.9 Å². The molecule has 4 unspecified atom stereocenters. The van der Waals surface area contributed by atoms with E-state index in [4.69, 9.17) is 17.2 Å². The topological polar surface area (TPSA) is 280 Å². The summed E-state index contributed by atoms with van der Waals surface area (Å²) in [5.41, 5.74) is 19.7. The first-order valence-electron chi connectivity index (χ1n) is 15.2. The third-order valence-electron chi connectivity index (χ3n) is 7.63. The first-order chi connectivity index (χ1) is 23.0. The minimum Gasteiger partial charge on any atom is -0.508 e. The summed E-state index contributed by atoms with van der Waals surface area (Å²) < 4.78 is 0. The van der Waals surface area contributed by atoms with Gasteiger partial charge in [-0.05, 0) is 48.6 Å². The Balaban J connectivity index is 1.54. The second kappa shape index (κ2) is 16.6. The number of aliphatic carboxylic acids is 1. The quantitative estimate of drug-likeness (QED) is 0.0395. The number of aromatic amines is 2. The van der Waals surface area contributed by atoms with E-state index in [9.17, 15) is 29.4 Å². The predicted molar refractivity (Wildman–Crippen MR) is 177 cm³/mol. The normalized spacial score (nSPS) is 13.5. The molecule has 0 bridgehead atoms. The number of para-hydroxylation sites is 1. The van der Waals surface area contributed by atoms with Crippen LogP contribution in [0.3, 0.4) is 0 Å². The van der Waals surface area contributed by atoms with Gasteiger partial charge in [0, 0.05) is 48.4 Å². The number of fused-ring (bicyclic) bond motifs is 1. The Bertz CT molecular complexity index is 1720. The largest absolute Gasteiger partial charge is 0.508 e. The Morgan fingerprint density at radius 2 is 1.52 bits per heavy atom. The summed E-state index contributed by atoms with van der Waals surface area (Å²) >= 11 is 0. The number of H-pyrrole nitrogens is 2. The second-order valence-corrected chi connectivity index (χ2v) is 11.3. The highest BCUT2D eigenvalue weighted by Gasteiger charge is 2.31. The van der Waals surface area contributed by atoms with Crippen LogP contribution in [-0.2, 0) is 38.4 Å². The summed E-state index contributed by atoms with van der Waals surface area (Å²) in [6.07, 6.45) is 5.06. The number of carbonyl (C=O) groups is 4. The lowest BCUT2D eigenvalue weighted by molar-refractivity contribution is -0.142. The Morgan fingerprint density at radius 1 is 0.854 bits per heavy atom. The number of aromatic hydroxyl groups is 1. The van der Waals surface area contributed by atoms with E-state index in [-0.39, 0.29) is 50.4 Å². The number of carboxylic acids is 1. The Hall–Kier alpha value is -5.90. The van der Waals surface area contributed by atoms with Gasteiger partial charge >= 0.3 is 5.97 Å². The third kappa shape index (κ3) is 10.1. The summed E-state index contributed by atoms with van der Waals surface area (Å²) in [4.78, 5) is 66.6. The smallest absolute Gasteiger partial charge is 0.326 e. The van der Waals surface area contributed by atoms with Gasteiger partial charge < -0.3 is 53.3 Å². The number of amides is 3. The van der Waals surface area contributed by atoms with Gasteiger partial charge in [-0.15, -0.1) is 0 Å². The van der Waals surface area contributed by atoms with Crippen molar-refractivity contribution in [2.24, 2.45) is 22.2 Å². The molecule has 3 amide bonds. The standard InChI is InChI=1S/C32H40N10O6/c33-23(12-18-7-9-21(43)10-8-18)28(44)41-26(13-19-15-38-24-5-2-1-4-22(19)24)29(45)42-27(14-20-16-36-17-39-20)30(46)40-25(31(47)48)6-3-11-37-32(34)35/h1-2,4-5,7-10,15-17,23,25-27,38,43H,3,6,11-14,33H2,(H,36,39)(H,40,46)(H,41,44)(H,42,45)(H,47,48)(H4,34,35,37). The zero-order valence-electron chi connectivity index (χ0n) is 26.1. The number of nitrogens with two attached hydrogens (primary N) is 3. The molecule has 2 heterocycles. The van der Waals surface area contributed by atoms with Crippen molar-refractivity contribution >= 4 is 40.6 Å². The molecule has 0 aliphatic heterocycles. The number of aromatic nitrogens is 3. The number of hydrogen-bond donors (Lipinski definition) is 10. The molecule has 16 nitrogen and oxygen atoms in total. The van der Waals surface area contributed by atoms with Gasteiger partial charge in [-0.2, -0.15) is 0 Å². The molecule has 0 aliphatic rings. The van der Waals surface area contributed by atoms with Crippen LogP contribution in [0.5, 0.6) is 5.75 Å². The fourth-order valence-electron chi connectivity index (χ4n) is 5.12. The van der Waals surface area contributed by atoms with Crippen molar-refractivity contribution in [1.29, 1.82) is 0 Å². The number of guanidine groups is 1. The van der Waals surface area contributed by atoms with Crippen molar-refractivity contribution in [2.45, 2.75) is 56.3 Å². The molecule has 16 heteroatoms. The molecule has 2 aromatic carbocycles. The third-order valence-corrected chi connectivity index (χ3v) is 7.63. The summed E-state index contributed by atoms with van der Waals surface area (Å²) in [5, 5.41) is 28.1. The molecular weight excluding hydrogens is 620 g/mol. The van der Waals surface area contributed by atoms with E-state index in [0.29, 0.717) is 11.3 Å². The van der Waals surface area contributed by atoms with Gasteiger partial charge in [0.05, 0.1) is 12.4 Å². The summed E-state index contributed by atoms with van der Waals surface area (Å²) in [6.45, 7) is 0.167. The average Bonchev–Trinajstić information content (AvgIpc) is 3.72. The van der Waals surface area contributed by atoms with Crippen LogP contribution >= 0.6 is 0 Å². The zero-order chi connectivity index (χ0) is 34.6. The molecule has 13 N–H and O–H groups in total. The SMILES string of the molecule is NC(N)=NCCCC(NC(=O)C(Cc1cnc[nH]1)NC(=O)C(Cc1c[nH]c2ccccc12)NC(=O)C(N)Cc1ccc(O)cc1)C(=O)O. The van der Waals surface area contributed by atoms with Crippen LogP contribution in [0.1, 0.15) is 29.7 Å². The molecule has 4 rings (SSSR count). The number of carbonyl (C=O) groups excluding carboxylic acids is 3. The lowest BCUT2D eigenvalue weighted by atomic mass is 10.0. The molecule has 254 valence electrons. The summed E-state index contributed by atoms with van der Waals surface area (Å²) in [7, 11) is 0. The zero-order valence-corrected chi connectivity index (χ0v) is 26.1. The number of benzene rings is 2. The van der Waals surface area contributed by atoms with E-state index in [1.54, 1.807) is 18.3 Å². The Kier molecular flexibility index (Phi) is 12.1. The van der Waals surface area contributed by atoms with Crippen LogP contribution in [0.15, 0.2) is 72.2 Å². The Morgan fingerprint density at radius 3 is 2.19 bits per heavy atom. The number of nitrogens with one attached hydrogen (secondary N) is 5. The molecule has 0 fully saturated rings. The number of imidazole rings is 1. The number of rotatable bonds is 17. The van der Waals surface area contributed by atoms with E-state index in [2.05, 4.69) is 35.9 Å². The van der Waals surface area contributed by atoms with Crippen molar-refractivity contribution < 1.29 is 29.4 Å². The van der Waals surface area contributed by atoms with Crippen LogP contribution in [0.2, 0.25) is 0 Å². The monoisotopic (exact) mass is 660 g/mol. The highest BCUT2D eigenvalue weighted by molar-refractivity contribution is 5.95. The minimum absolute atomic E-state index is 0.0285. The highest BCUT2D eigenvalue weighted by atomic mass is 16.4. The van der Waals surface area contributed by atoms with Crippen molar-refractivity contribution in [3.8, 4) is 5.75 Å². The number of hydrogen-bond acceptors (Lipinski definition) is 8. The van der Waals surface area contributed by atoms with Crippen LogP contribution in [0.4, 0.5) is 0 Å². The molecule has 0 radical (unpaired) electrons. The van der Waals surface area contributed by atoms with Gasteiger partial charge in [0.25, 0.3) is 0 Å². The van der Waals surface area contributed by atoms with Crippen LogP contribution in [0, 0.1) is 0 Å². The fraction of sp³-hybridized carbons (Fsp3) is 0.312. The van der Waals surface area contributed by atoms with Crippen LogP contribution in [0.25, 0.3) is 10.9 Å². The van der Waals surface area contributed by atoms with Crippen molar-refractivity contribution in [2.75, 3.05) is 6.54 Å². The van der Waals surface area contributed by atoms with Crippen molar-refractivity contribution in [3.63, 3.8) is 0 Å².